The predicted octanol–water partition coefficient (Wildman–Crippen LogP) is 12.5. The highest BCUT2D eigenvalue weighted by Crippen LogP contribution is 2.15. The molecule has 278 valence electrons. The largest absolute Gasteiger partial charge is 0.462 e. The van der Waals surface area contributed by atoms with Crippen molar-refractivity contribution in [2.75, 3.05) is 13.2 Å². The van der Waals surface area contributed by atoms with Crippen LogP contribution in [0.1, 0.15) is 226 Å². The number of unbranched alkanes of at least 4 members (excludes halogenated alkanes) is 26. The zero-order valence-corrected chi connectivity index (χ0v) is 31.6. The molecule has 0 spiro atoms. The second-order valence-corrected chi connectivity index (χ2v) is 13.9. The van der Waals surface area contributed by atoms with Gasteiger partial charge in [-0.2, -0.15) is 0 Å². The standard InChI is InChI=1S/C41H78O6/c1-4-7-10-13-14-15-16-17-18-19-20-21-22-23-24-25-26-29-31-34-40(43)46-37-38(47-41(44)35-32-28-12-9-6-3)36-45-39(42)33-30-27-11-8-5-2/h38H,4-37H2,1-3H3/t38-/m0/s1. The number of hydrogen-bond acceptors (Lipinski definition) is 6. The second-order valence-electron chi connectivity index (χ2n) is 13.9. The van der Waals surface area contributed by atoms with Gasteiger partial charge < -0.3 is 14.2 Å². The molecule has 0 aliphatic heterocycles. The summed E-state index contributed by atoms with van der Waals surface area (Å²) in [6.07, 6.45) is 35.8. The van der Waals surface area contributed by atoms with Gasteiger partial charge in [-0.3, -0.25) is 14.4 Å². The Labute approximate surface area is 291 Å². The highest BCUT2D eigenvalue weighted by molar-refractivity contribution is 5.71. The zero-order valence-electron chi connectivity index (χ0n) is 31.6. The van der Waals surface area contributed by atoms with Crippen molar-refractivity contribution in [3.8, 4) is 0 Å². The van der Waals surface area contributed by atoms with E-state index in [1.54, 1.807) is 0 Å². The summed E-state index contributed by atoms with van der Waals surface area (Å²) < 4.78 is 16.4. The summed E-state index contributed by atoms with van der Waals surface area (Å²) in [4.78, 5) is 37.0. The molecule has 0 unspecified atom stereocenters. The van der Waals surface area contributed by atoms with E-state index >= 15 is 0 Å². The third-order valence-electron chi connectivity index (χ3n) is 9.11. The highest BCUT2D eigenvalue weighted by atomic mass is 16.6. The molecule has 0 bridgehead atoms. The van der Waals surface area contributed by atoms with Crippen molar-refractivity contribution in [1.82, 2.24) is 0 Å². The van der Waals surface area contributed by atoms with Gasteiger partial charge in [0.2, 0.25) is 0 Å². The average molecular weight is 667 g/mol. The van der Waals surface area contributed by atoms with E-state index in [-0.39, 0.29) is 31.1 Å². The van der Waals surface area contributed by atoms with Gasteiger partial charge in [-0.15, -0.1) is 0 Å². The van der Waals surface area contributed by atoms with Crippen molar-refractivity contribution >= 4 is 17.9 Å². The van der Waals surface area contributed by atoms with Crippen LogP contribution in [0.3, 0.4) is 0 Å². The van der Waals surface area contributed by atoms with E-state index in [2.05, 4.69) is 20.8 Å². The first-order valence-corrected chi connectivity index (χ1v) is 20.5. The van der Waals surface area contributed by atoms with Crippen molar-refractivity contribution in [1.29, 1.82) is 0 Å². The van der Waals surface area contributed by atoms with Crippen LogP contribution in [0.5, 0.6) is 0 Å². The van der Waals surface area contributed by atoms with Crippen LogP contribution in [0.25, 0.3) is 0 Å². The van der Waals surface area contributed by atoms with E-state index in [0.29, 0.717) is 19.3 Å². The predicted molar refractivity (Wildman–Crippen MR) is 197 cm³/mol. The lowest BCUT2D eigenvalue weighted by Gasteiger charge is -2.18. The van der Waals surface area contributed by atoms with Gasteiger partial charge in [0.25, 0.3) is 0 Å². The molecule has 0 amide bonds. The normalized spacial score (nSPS) is 11.8. The second kappa shape index (κ2) is 37.2. The van der Waals surface area contributed by atoms with Crippen LogP contribution in [-0.2, 0) is 28.6 Å². The summed E-state index contributed by atoms with van der Waals surface area (Å²) in [5.74, 6) is -0.890. The molecule has 0 aromatic carbocycles. The molecule has 0 aromatic rings. The quantitative estimate of drug-likeness (QED) is 0.0373. The van der Waals surface area contributed by atoms with Crippen LogP contribution >= 0.6 is 0 Å². The van der Waals surface area contributed by atoms with Crippen LogP contribution in [0, 0.1) is 0 Å². The van der Waals surface area contributed by atoms with Crippen molar-refractivity contribution in [2.45, 2.75) is 232 Å². The third kappa shape index (κ3) is 35.5. The molecule has 1 atom stereocenters. The average Bonchev–Trinajstić information content (AvgIpc) is 3.06. The fourth-order valence-electron chi connectivity index (χ4n) is 5.97. The van der Waals surface area contributed by atoms with Gasteiger partial charge in [0.15, 0.2) is 6.10 Å². The van der Waals surface area contributed by atoms with E-state index in [1.165, 1.54) is 116 Å². The Morgan fingerprint density at radius 3 is 0.851 bits per heavy atom. The monoisotopic (exact) mass is 667 g/mol. The number of carbonyl (C=O) groups excluding carboxylic acids is 3. The Hall–Kier alpha value is -1.59. The molecule has 0 radical (unpaired) electrons. The molecule has 6 nitrogen and oxygen atoms in total. The van der Waals surface area contributed by atoms with Crippen LogP contribution in [-0.4, -0.2) is 37.2 Å². The fourth-order valence-corrected chi connectivity index (χ4v) is 5.97. The van der Waals surface area contributed by atoms with E-state index in [0.717, 1.165) is 70.6 Å². The molecule has 0 aliphatic rings. The van der Waals surface area contributed by atoms with E-state index in [4.69, 9.17) is 14.2 Å². The molecule has 0 aliphatic carbocycles. The minimum absolute atomic E-state index is 0.0662. The number of ether oxygens (including phenoxy) is 3. The maximum Gasteiger partial charge on any atom is 0.306 e. The van der Waals surface area contributed by atoms with E-state index in [1.807, 2.05) is 0 Å². The van der Waals surface area contributed by atoms with Crippen LogP contribution < -0.4 is 0 Å². The lowest BCUT2D eigenvalue weighted by atomic mass is 10.0. The molecule has 6 heteroatoms. The number of hydrogen-bond donors (Lipinski definition) is 0. The number of esters is 3. The Morgan fingerprint density at radius 2 is 0.574 bits per heavy atom. The molecule has 0 aromatic heterocycles. The third-order valence-corrected chi connectivity index (χ3v) is 9.11. The van der Waals surface area contributed by atoms with Gasteiger partial charge >= 0.3 is 17.9 Å². The maximum absolute atomic E-state index is 12.4. The molecule has 0 rings (SSSR count). The summed E-state index contributed by atoms with van der Waals surface area (Å²) in [7, 11) is 0. The van der Waals surface area contributed by atoms with Crippen molar-refractivity contribution < 1.29 is 28.6 Å². The van der Waals surface area contributed by atoms with Gasteiger partial charge in [-0.25, -0.2) is 0 Å². The fraction of sp³-hybridized carbons (Fsp3) is 0.927. The van der Waals surface area contributed by atoms with Gasteiger partial charge in [-0.05, 0) is 19.3 Å². The van der Waals surface area contributed by atoms with E-state index < -0.39 is 6.10 Å². The van der Waals surface area contributed by atoms with Crippen molar-refractivity contribution in [3.63, 3.8) is 0 Å². The smallest absolute Gasteiger partial charge is 0.306 e. The molecule has 0 N–H and O–H groups in total. The molecule has 0 heterocycles. The number of rotatable bonds is 37. The minimum atomic E-state index is -0.753. The Kier molecular flexibility index (Phi) is 36.0. The first kappa shape index (κ1) is 45.4. The van der Waals surface area contributed by atoms with Crippen LogP contribution in [0.2, 0.25) is 0 Å². The van der Waals surface area contributed by atoms with Gasteiger partial charge in [0.1, 0.15) is 13.2 Å². The van der Waals surface area contributed by atoms with Crippen molar-refractivity contribution in [2.24, 2.45) is 0 Å². The Morgan fingerprint density at radius 1 is 0.340 bits per heavy atom. The first-order valence-electron chi connectivity index (χ1n) is 20.5. The topological polar surface area (TPSA) is 78.9 Å². The Bertz CT molecular complexity index is 693. The molecule has 0 saturated carbocycles. The molecule has 47 heavy (non-hydrogen) atoms. The van der Waals surface area contributed by atoms with Crippen molar-refractivity contribution in [3.05, 3.63) is 0 Å². The lowest BCUT2D eigenvalue weighted by Crippen LogP contribution is -2.30. The zero-order chi connectivity index (χ0) is 34.5. The lowest BCUT2D eigenvalue weighted by molar-refractivity contribution is -0.167. The SMILES string of the molecule is CCCCCCCCCCCCCCCCCCCCCC(=O)OC[C@H](COC(=O)CCCCCCC)OC(=O)CCCCCCC. The van der Waals surface area contributed by atoms with Gasteiger partial charge in [-0.1, -0.05) is 188 Å². The summed E-state index contributed by atoms with van der Waals surface area (Å²) >= 11 is 0. The van der Waals surface area contributed by atoms with Gasteiger partial charge in [0, 0.05) is 19.3 Å². The summed E-state index contributed by atoms with van der Waals surface area (Å²) in [5, 5.41) is 0. The van der Waals surface area contributed by atoms with Crippen LogP contribution in [0.15, 0.2) is 0 Å². The summed E-state index contributed by atoms with van der Waals surface area (Å²) in [6, 6.07) is 0. The highest BCUT2D eigenvalue weighted by Gasteiger charge is 2.19. The summed E-state index contributed by atoms with van der Waals surface area (Å²) in [6.45, 7) is 6.47. The molecule has 0 fully saturated rings. The number of carbonyl (C=O) groups is 3. The molecular formula is C41H78O6. The Balaban J connectivity index is 3.97. The maximum atomic E-state index is 12.4. The molecule has 0 saturated heterocycles. The first-order chi connectivity index (χ1) is 23.0. The van der Waals surface area contributed by atoms with E-state index in [9.17, 15) is 14.4 Å². The summed E-state index contributed by atoms with van der Waals surface area (Å²) in [5.41, 5.74) is 0. The van der Waals surface area contributed by atoms with Crippen LogP contribution in [0.4, 0.5) is 0 Å². The minimum Gasteiger partial charge on any atom is -0.462 e. The van der Waals surface area contributed by atoms with Gasteiger partial charge in [0.05, 0.1) is 0 Å². The molecular weight excluding hydrogens is 588 g/mol.